The molecule has 0 amide bonds. The van der Waals surface area contributed by atoms with Crippen LogP contribution in [0.1, 0.15) is 53.0 Å². The number of fused-ring (bicyclic) bond motifs is 6. The molecule has 3 aromatic carbocycles. The Bertz CT molecular complexity index is 989. The molecule has 0 aliphatic heterocycles. The van der Waals surface area contributed by atoms with Crippen LogP contribution in [0.25, 0.3) is 22.3 Å². The van der Waals surface area contributed by atoms with E-state index in [1.807, 2.05) is 0 Å². The maximum Gasteiger partial charge on any atom is -0.00131 e. The first kappa shape index (κ1) is 13.0. The molecule has 0 nitrogen and oxygen atoms in total. The summed E-state index contributed by atoms with van der Waals surface area (Å²) < 4.78 is 0. The van der Waals surface area contributed by atoms with Crippen LogP contribution in [-0.2, 0) is 12.8 Å². The Kier molecular flexibility index (Phi) is 2.49. The maximum atomic E-state index is 2.50. The molecule has 0 N–H and O–H groups in total. The van der Waals surface area contributed by atoms with Gasteiger partial charge in [0.15, 0.2) is 0 Å². The fraction of sp³-hybridized carbons (Fsp3) is 0.250. The van der Waals surface area contributed by atoms with E-state index in [2.05, 4.69) is 54.6 Å². The van der Waals surface area contributed by atoms with Crippen LogP contribution in [0.4, 0.5) is 0 Å². The third kappa shape index (κ3) is 1.69. The van der Waals surface area contributed by atoms with Crippen LogP contribution >= 0.6 is 0 Å². The van der Waals surface area contributed by atoms with Crippen LogP contribution in [0.3, 0.4) is 0 Å². The Labute approximate surface area is 143 Å². The van der Waals surface area contributed by atoms with Gasteiger partial charge < -0.3 is 0 Å². The molecule has 0 bridgehead atoms. The summed E-state index contributed by atoms with van der Waals surface area (Å²) in [5.74, 6) is 0.830. The van der Waals surface area contributed by atoms with Gasteiger partial charge >= 0.3 is 0 Å². The van der Waals surface area contributed by atoms with Gasteiger partial charge in [-0.1, -0.05) is 48.9 Å². The molecular weight excluding hydrogens is 288 g/mol. The van der Waals surface area contributed by atoms with E-state index in [0.29, 0.717) is 0 Å². The Balaban J connectivity index is 1.46. The highest BCUT2D eigenvalue weighted by atomic mass is 14.3. The van der Waals surface area contributed by atoms with Crippen LogP contribution in [0.15, 0.2) is 54.6 Å². The molecule has 3 aliphatic rings. The highest BCUT2D eigenvalue weighted by molar-refractivity contribution is 5.85. The second-order valence-corrected chi connectivity index (χ2v) is 7.72. The Morgan fingerprint density at radius 1 is 0.583 bits per heavy atom. The van der Waals surface area contributed by atoms with E-state index in [1.54, 1.807) is 11.1 Å². The van der Waals surface area contributed by atoms with Crippen LogP contribution in [0.5, 0.6) is 0 Å². The van der Waals surface area contributed by atoms with Crippen LogP contribution in [0, 0.1) is 0 Å². The first-order valence-electron chi connectivity index (χ1n) is 9.24. The van der Waals surface area contributed by atoms with Crippen molar-refractivity contribution in [2.45, 2.75) is 38.0 Å². The van der Waals surface area contributed by atoms with Gasteiger partial charge in [-0.05, 0) is 93.8 Å². The Morgan fingerprint density at radius 2 is 1.25 bits per heavy atom. The normalized spacial score (nSPS) is 17.0. The van der Waals surface area contributed by atoms with Gasteiger partial charge in [0, 0.05) is 0 Å². The molecule has 116 valence electrons. The van der Waals surface area contributed by atoms with Gasteiger partial charge in [-0.15, -0.1) is 0 Å². The fourth-order valence-corrected chi connectivity index (χ4v) is 4.85. The second-order valence-electron chi connectivity index (χ2n) is 7.72. The van der Waals surface area contributed by atoms with Crippen LogP contribution in [-0.4, -0.2) is 0 Å². The minimum absolute atomic E-state index is 0.830. The Morgan fingerprint density at radius 3 is 2.00 bits per heavy atom. The molecule has 0 heterocycles. The van der Waals surface area contributed by atoms with Crippen LogP contribution < -0.4 is 0 Å². The van der Waals surface area contributed by atoms with E-state index in [1.165, 1.54) is 58.2 Å². The van der Waals surface area contributed by atoms with E-state index in [4.69, 9.17) is 0 Å². The molecule has 0 heteroatoms. The minimum Gasteiger partial charge on any atom is -0.0619 e. The molecule has 0 radical (unpaired) electrons. The topological polar surface area (TPSA) is 0 Å². The summed E-state index contributed by atoms with van der Waals surface area (Å²) in [7, 11) is 0. The molecule has 6 rings (SSSR count). The second kappa shape index (κ2) is 4.60. The zero-order chi connectivity index (χ0) is 15.7. The number of rotatable bonds is 1. The predicted octanol–water partition coefficient (Wildman–Crippen LogP) is 6.10. The molecule has 24 heavy (non-hydrogen) atoms. The number of hydrogen-bond donors (Lipinski definition) is 0. The lowest BCUT2D eigenvalue weighted by molar-refractivity contribution is 0.419. The average Bonchev–Trinajstić information content (AvgIpc) is 3.08. The van der Waals surface area contributed by atoms with E-state index >= 15 is 0 Å². The predicted molar refractivity (Wildman–Crippen MR) is 99.5 cm³/mol. The summed E-state index contributed by atoms with van der Waals surface area (Å²) in [4.78, 5) is 0. The summed E-state index contributed by atoms with van der Waals surface area (Å²) in [5.41, 5.74) is 13.5. The highest BCUT2D eigenvalue weighted by Gasteiger charge is 2.26. The van der Waals surface area contributed by atoms with E-state index in [-0.39, 0.29) is 0 Å². The zero-order valence-electron chi connectivity index (χ0n) is 13.8. The first-order valence-corrected chi connectivity index (χ1v) is 9.24. The van der Waals surface area contributed by atoms with Gasteiger partial charge in [-0.25, -0.2) is 0 Å². The van der Waals surface area contributed by atoms with E-state index < -0.39 is 0 Å². The van der Waals surface area contributed by atoms with Crippen molar-refractivity contribution >= 4 is 0 Å². The largest absolute Gasteiger partial charge is 0.0619 e. The van der Waals surface area contributed by atoms with Crippen molar-refractivity contribution in [1.82, 2.24) is 0 Å². The molecular formula is C24H20. The van der Waals surface area contributed by atoms with Crippen molar-refractivity contribution in [1.29, 1.82) is 0 Å². The smallest absolute Gasteiger partial charge is 0.00131 e. The monoisotopic (exact) mass is 308 g/mol. The standard InChI is InChI=1S/C24H20/c1-2-7-21-17(4-1)11-19-13-24-20(14-23(19)21)12-18-10-16(8-9-22(18)24)15-5-3-6-15/h1-2,4,7-10,13-15H,3,5-6,11-12H2. The minimum atomic E-state index is 0.830. The summed E-state index contributed by atoms with van der Waals surface area (Å²) in [6.07, 6.45) is 6.39. The molecule has 3 aromatic rings. The molecule has 1 saturated carbocycles. The lowest BCUT2D eigenvalue weighted by atomic mass is 9.79. The van der Waals surface area contributed by atoms with Gasteiger partial charge in [0.1, 0.15) is 0 Å². The van der Waals surface area contributed by atoms with Crippen molar-refractivity contribution in [3.8, 4) is 22.3 Å². The van der Waals surface area contributed by atoms with Crippen molar-refractivity contribution in [3.63, 3.8) is 0 Å². The first-order chi connectivity index (χ1) is 11.9. The molecule has 0 aromatic heterocycles. The summed E-state index contributed by atoms with van der Waals surface area (Å²) >= 11 is 0. The third-order valence-corrected chi connectivity index (χ3v) is 6.39. The highest BCUT2D eigenvalue weighted by Crippen LogP contribution is 2.46. The Hall–Kier alpha value is -2.34. The maximum absolute atomic E-state index is 2.50. The molecule has 0 atom stereocenters. The van der Waals surface area contributed by atoms with Crippen molar-refractivity contribution < 1.29 is 0 Å². The van der Waals surface area contributed by atoms with Gasteiger partial charge in [0.2, 0.25) is 0 Å². The van der Waals surface area contributed by atoms with Gasteiger partial charge in [-0.2, -0.15) is 0 Å². The quantitative estimate of drug-likeness (QED) is 0.351. The van der Waals surface area contributed by atoms with E-state index in [9.17, 15) is 0 Å². The summed E-state index contributed by atoms with van der Waals surface area (Å²) in [6, 6.07) is 21.1. The van der Waals surface area contributed by atoms with Crippen LogP contribution in [0.2, 0.25) is 0 Å². The lowest BCUT2D eigenvalue weighted by Crippen LogP contribution is -2.08. The fourth-order valence-electron chi connectivity index (χ4n) is 4.85. The van der Waals surface area contributed by atoms with Gasteiger partial charge in [0.25, 0.3) is 0 Å². The molecule has 0 saturated heterocycles. The zero-order valence-corrected chi connectivity index (χ0v) is 13.8. The van der Waals surface area contributed by atoms with Gasteiger partial charge in [0.05, 0.1) is 0 Å². The molecule has 0 spiro atoms. The average molecular weight is 308 g/mol. The lowest BCUT2D eigenvalue weighted by Gasteiger charge is -2.26. The SMILES string of the molecule is c1ccc2c(c1)Cc1cc3c(cc1-2)Cc1cc(C2CCC2)ccc1-3. The molecule has 3 aliphatic carbocycles. The van der Waals surface area contributed by atoms with Crippen molar-refractivity contribution in [3.05, 3.63) is 82.4 Å². The summed E-state index contributed by atoms with van der Waals surface area (Å²) in [6.45, 7) is 0. The summed E-state index contributed by atoms with van der Waals surface area (Å²) in [5, 5.41) is 0. The molecule has 0 unspecified atom stereocenters. The molecule has 1 fully saturated rings. The van der Waals surface area contributed by atoms with Crippen molar-refractivity contribution in [2.75, 3.05) is 0 Å². The van der Waals surface area contributed by atoms with E-state index in [0.717, 1.165) is 18.8 Å². The van der Waals surface area contributed by atoms with Gasteiger partial charge in [-0.3, -0.25) is 0 Å². The van der Waals surface area contributed by atoms with Crippen molar-refractivity contribution in [2.24, 2.45) is 0 Å². The number of benzene rings is 3. The number of hydrogen-bond acceptors (Lipinski definition) is 0. The third-order valence-electron chi connectivity index (χ3n) is 6.39.